The fourth-order valence-corrected chi connectivity index (χ4v) is 3.93. The van der Waals surface area contributed by atoms with Crippen molar-refractivity contribution >= 4 is 5.91 Å². The normalized spacial score (nSPS) is 26.5. The minimum absolute atomic E-state index is 0.0504. The van der Waals surface area contributed by atoms with Crippen molar-refractivity contribution in [1.82, 2.24) is 19.8 Å². The molecule has 6 heteroatoms. The number of aliphatic hydroxyl groups is 1. The predicted octanol–water partition coefficient (Wildman–Crippen LogP) is 1.42. The molecule has 2 aliphatic heterocycles. The van der Waals surface area contributed by atoms with Crippen LogP contribution in [0.25, 0.3) is 0 Å². The highest BCUT2D eigenvalue weighted by atomic mass is 16.3. The van der Waals surface area contributed by atoms with E-state index in [1.165, 1.54) is 12.8 Å². The van der Waals surface area contributed by atoms with Crippen molar-refractivity contribution < 1.29 is 9.90 Å². The molecule has 0 spiro atoms. The largest absolute Gasteiger partial charge is 0.392 e. The van der Waals surface area contributed by atoms with Gasteiger partial charge >= 0.3 is 0 Å². The number of carbonyl (C=O) groups excluding carboxylic acids is 1. The van der Waals surface area contributed by atoms with Gasteiger partial charge in [0.1, 0.15) is 5.82 Å². The molecule has 0 bridgehead atoms. The summed E-state index contributed by atoms with van der Waals surface area (Å²) in [5.74, 6) is 1.45. The number of carbonyl (C=O) groups is 1. The van der Waals surface area contributed by atoms with Crippen LogP contribution in [0.4, 0.5) is 0 Å². The van der Waals surface area contributed by atoms with Crippen LogP contribution in [-0.4, -0.2) is 69.1 Å². The lowest BCUT2D eigenvalue weighted by molar-refractivity contribution is 0.0240. The van der Waals surface area contributed by atoms with Crippen LogP contribution in [0, 0.1) is 0 Å². The number of piperidine rings is 2. The third-order valence-corrected chi connectivity index (χ3v) is 5.56. The highest BCUT2D eigenvalue weighted by molar-refractivity contribution is 5.93. The van der Waals surface area contributed by atoms with Crippen molar-refractivity contribution in [3.63, 3.8) is 0 Å². The molecule has 1 atom stereocenters. The summed E-state index contributed by atoms with van der Waals surface area (Å²) in [4.78, 5) is 25.7. The monoisotopic (exact) mass is 330 g/mol. The van der Waals surface area contributed by atoms with Gasteiger partial charge in [0.2, 0.25) is 0 Å². The predicted molar refractivity (Wildman–Crippen MR) is 89.7 cm³/mol. The standard InChI is InChI=1S/C18H26N4O2/c23-16-2-1-7-22(12-16)15-5-8-21(9-6-15)18(24)14-10-19-17(20-11-14)13-3-4-13/h10-11,13,15-16,23H,1-9,12H2/t16-/m0/s1. The van der Waals surface area contributed by atoms with Crippen LogP contribution in [0.3, 0.4) is 0 Å². The van der Waals surface area contributed by atoms with Gasteiger partial charge in [-0.15, -0.1) is 0 Å². The molecule has 3 heterocycles. The van der Waals surface area contributed by atoms with E-state index in [2.05, 4.69) is 14.9 Å². The molecule has 0 unspecified atom stereocenters. The van der Waals surface area contributed by atoms with Crippen molar-refractivity contribution in [3.8, 4) is 0 Å². The van der Waals surface area contributed by atoms with Crippen LogP contribution in [0.1, 0.15) is 60.6 Å². The maximum absolute atomic E-state index is 12.6. The quantitative estimate of drug-likeness (QED) is 0.907. The van der Waals surface area contributed by atoms with E-state index in [1.807, 2.05) is 4.90 Å². The molecule has 24 heavy (non-hydrogen) atoms. The first-order valence-corrected chi connectivity index (χ1v) is 9.24. The molecule has 1 aliphatic carbocycles. The molecule has 130 valence electrons. The number of hydrogen-bond donors (Lipinski definition) is 1. The molecule has 0 radical (unpaired) electrons. The zero-order chi connectivity index (χ0) is 16.5. The van der Waals surface area contributed by atoms with E-state index < -0.39 is 0 Å². The van der Waals surface area contributed by atoms with E-state index in [0.717, 1.165) is 57.7 Å². The Balaban J connectivity index is 1.32. The first-order valence-electron chi connectivity index (χ1n) is 9.24. The minimum Gasteiger partial charge on any atom is -0.392 e. The van der Waals surface area contributed by atoms with Crippen molar-refractivity contribution in [1.29, 1.82) is 0 Å². The van der Waals surface area contributed by atoms with Crippen molar-refractivity contribution in [2.45, 2.75) is 56.6 Å². The Bertz CT molecular complexity index is 579. The van der Waals surface area contributed by atoms with Crippen LogP contribution >= 0.6 is 0 Å². The van der Waals surface area contributed by atoms with E-state index in [-0.39, 0.29) is 12.0 Å². The molecular formula is C18H26N4O2. The highest BCUT2D eigenvalue weighted by Crippen LogP contribution is 2.37. The lowest BCUT2D eigenvalue weighted by Gasteiger charge is -2.41. The van der Waals surface area contributed by atoms with Gasteiger partial charge in [0, 0.05) is 44.0 Å². The molecule has 2 saturated heterocycles. The Morgan fingerprint density at radius 2 is 1.75 bits per heavy atom. The molecule has 0 aromatic carbocycles. The van der Waals surface area contributed by atoms with E-state index in [9.17, 15) is 9.90 Å². The summed E-state index contributed by atoms with van der Waals surface area (Å²) in [5.41, 5.74) is 0.603. The third-order valence-electron chi connectivity index (χ3n) is 5.56. The molecule has 1 N–H and O–H groups in total. The summed E-state index contributed by atoms with van der Waals surface area (Å²) in [6, 6.07) is 0.498. The van der Waals surface area contributed by atoms with E-state index in [4.69, 9.17) is 0 Å². The van der Waals surface area contributed by atoms with E-state index >= 15 is 0 Å². The van der Waals surface area contributed by atoms with Crippen molar-refractivity contribution in [2.75, 3.05) is 26.2 Å². The zero-order valence-corrected chi connectivity index (χ0v) is 14.1. The Labute approximate surface area is 142 Å². The number of likely N-dealkylation sites (tertiary alicyclic amines) is 2. The Kier molecular flexibility index (Phi) is 4.50. The van der Waals surface area contributed by atoms with Gasteiger partial charge in [0.25, 0.3) is 5.91 Å². The van der Waals surface area contributed by atoms with Gasteiger partial charge in [0.15, 0.2) is 0 Å². The van der Waals surface area contributed by atoms with Crippen LogP contribution < -0.4 is 0 Å². The maximum Gasteiger partial charge on any atom is 0.256 e. The second-order valence-electron chi connectivity index (χ2n) is 7.42. The summed E-state index contributed by atoms with van der Waals surface area (Å²) < 4.78 is 0. The van der Waals surface area contributed by atoms with Crippen LogP contribution in [0.5, 0.6) is 0 Å². The molecule has 1 amide bonds. The molecule has 1 aromatic heterocycles. The maximum atomic E-state index is 12.6. The topological polar surface area (TPSA) is 69.6 Å². The van der Waals surface area contributed by atoms with Gasteiger partial charge in [-0.3, -0.25) is 9.69 Å². The first-order chi connectivity index (χ1) is 11.7. The van der Waals surface area contributed by atoms with Crippen molar-refractivity contribution in [2.24, 2.45) is 0 Å². The third kappa shape index (κ3) is 3.44. The van der Waals surface area contributed by atoms with Gasteiger partial charge < -0.3 is 10.0 Å². The molecular weight excluding hydrogens is 304 g/mol. The second kappa shape index (κ2) is 6.76. The van der Waals surface area contributed by atoms with Crippen LogP contribution in [-0.2, 0) is 0 Å². The number of nitrogens with zero attached hydrogens (tertiary/aromatic N) is 4. The molecule has 6 nitrogen and oxygen atoms in total. The molecule has 1 saturated carbocycles. The van der Waals surface area contributed by atoms with Crippen LogP contribution in [0.15, 0.2) is 12.4 Å². The number of aromatic nitrogens is 2. The Hall–Kier alpha value is -1.53. The average Bonchev–Trinajstić information content (AvgIpc) is 3.47. The van der Waals surface area contributed by atoms with Crippen LogP contribution in [0.2, 0.25) is 0 Å². The number of rotatable bonds is 3. The zero-order valence-electron chi connectivity index (χ0n) is 14.1. The number of hydrogen-bond acceptors (Lipinski definition) is 5. The van der Waals surface area contributed by atoms with Gasteiger partial charge in [-0.05, 0) is 45.1 Å². The van der Waals surface area contributed by atoms with E-state index in [0.29, 0.717) is 17.5 Å². The smallest absolute Gasteiger partial charge is 0.256 e. The number of amides is 1. The summed E-state index contributed by atoms with van der Waals surface area (Å²) in [6.07, 6.45) is 9.51. The fraction of sp³-hybridized carbons (Fsp3) is 0.722. The number of β-amino-alcohol motifs (C(OH)–C–C–N with tert-alkyl or cyclic N) is 1. The second-order valence-corrected chi connectivity index (χ2v) is 7.42. The molecule has 3 fully saturated rings. The fourth-order valence-electron chi connectivity index (χ4n) is 3.93. The minimum atomic E-state index is -0.180. The number of aliphatic hydroxyl groups excluding tert-OH is 1. The van der Waals surface area contributed by atoms with Crippen molar-refractivity contribution in [3.05, 3.63) is 23.8 Å². The van der Waals surface area contributed by atoms with Gasteiger partial charge in [-0.2, -0.15) is 0 Å². The summed E-state index contributed by atoms with van der Waals surface area (Å²) in [6.45, 7) is 3.42. The first kappa shape index (κ1) is 16.0. The SMILES string of the molecule is O=C(c1cnc(C2CC2)nc1)N1CCC(N2CCC[C@H](O)C2)CC1. The lowest BCUT2D eigenvalue weighted by atomic mass is 9.98. The van der Waals surface area contributed by atoms with Gasteiger partial charge in [0.05, 0.1) is 11.7 Å². The molecule has 4 rings (SSSR count). The molecule has 1 aromatic rings. The lowest BCUT2D eigenvalue weighted by Crippen LogP contribution is -2.50. The highest BCUT2D eigenvalue weighted by Gasteiger charge is 2.30. The summed E-state index contributed by atoms with van der Waals surface area (Å²) in [7, 11) is 0. The average molecular weight is 330 g/mol. The summed E-state index contributed by atoms with van der Waals surface area (Å²) >= 11 is 0. The van der Waals surface area contributed by atoms with Gasteiger partial charge in [-0.25, -0.2) is 9.97 Å². The molecule has 3 aliphatic rings. The Morgan fingerprint density at radius 3 is 2.38 bits per heavy atom. The summed E-state index contributed by atoms with van der Waals surface area (Å²) in [5, 5.41) is 9.84. The Morgan fingerprint density at radius 1 is 1.04 bits per heavy atom. The van der Waals surface area contributed by atoms with E-state index in [1.54, 1.807) is 12.4 Å². The van der Waals surface area contributed by atoms with Gasteiger partial charge in [-0.1, -0.05) is 0 Å².